The maximum absolute atomic E-state index is 6.12. The largest absolute Gasteiger partial charge is 0.306 e. The van der Waals surface area contributed by atoms with Gasteiger partial charge in [-0.25, -0.2) is 0 Å². The lowest BCUT2D eigenvalue weighted by molar-refractivity contribution is 0.647. The van der Waals surface area contributed by atoms with E-state index in [9.17, 15) is 0 Å². The molecule has 2 bridgehead atoms. The van der Waals surface area contributed by atoms with E-state index in [4.69, 9.17) is 11.5 Å². The van der Waals surface area contributed by atoms with Gasteiger partial charge in [-0.3, -0.25) is 0 Å². The summed E-state index contributed by atoms with van der Waals surface area (Å²) in [5.41, 5.74) is 17.2. The van der Waals surface area contributed by atoms with Crippen LogP contribution in [0.25, 0.3) is 0 Å². The van der Waals surface area contributed by atoms with E-state index in [0.29, 0.717) is 0 Å². The molecule has 0 aliphatic heterocycles. The Kier molecular flexibility index (Phi) is 1.86. The first-order chi connectivity index (χ1) is 6.12. The first-order valence-electron chi connectivity index (χ1n) is 5.16. The third-order valence-electron chi connectivity index (χ3n) is 3.42. The quantitative estimate of drug-likeness (QED) is 0.634. The number of rotatable bonds is 2. The second-order valence-corrected chi connectivity index (χ2v) is 3.99. The first-order valence-corrected chi connectivity index (χ1v) is 5.16. The molecule has 0 aromatic heterocycles. The zero-order valence-electron chi connectivity index (χ0n) is 8.48. The van der Waals surface area contributed by atoms with Gasteiger partial charge in [-0.1, -0.05) is 13.8 Å². The van der Waals surface area contributed by atoms with Crippen LogP contribution in [0, 0.1) is 0 Å². The van der Waals surface area contributed by atoms with Crippen LogP contribution < -0.4 is 11.5 Å². The lowest BCUT2D eigenvalue weighted by Gasteiger charge is -2.18. The molecular formula is C11H18N2. The molecule has 1 saturated carbocycles. The number of fused-ring (bicyclic) bond motifs is 2. The third-order valence-corrected chi connectivity index (χ3v) is 3.42. The van der Waals surface area contributed by atoms with E-state index in [1.807, 2.05) is 0 Å². The molecule has 2 nitrogen and oxygen atoms in total. The van der Waals surface area contributed by atoms with Crippen molar-refractivity contribution < 1.29 is 0 Å². The van der Waals surface area contributed by atoms with Crippen LogP contribution in [-0.2, 0) is 0 Å². The molecule has 72 valence electrons. The van der Waals surface area contributed by atoms with Gasteiger partial charge >= 0.3 is 0 Å². The Balaban J connectivity index is 2.54. The van der Waals surface area contributed by atoms with Gasteiger partial charge in [-0.15, -0.1) is 0 Å². The fourth-order valence-electron chi connectivity index (χ4n) is 2.86. The summed E-state index contributed by atoms with van der Waals surface area (Å²) in [4.78, 5) is 0. The van der Waals surface area contributed by atoms with Crippen LogP contribution in [0.2, 0.25) is 0 Å². The highest BCUT2D eigenvalue weighted by molar-refractivity contribution is 5.59. The van der Waals surface area contributed by atoms with Gasteiger partial charge in [0.15, 0.2) is 0 Å². The van der Waals surface area contributed by atoms with Crippen molar-refractivity contribution in [3.63, 3.8) is 0 Å². The molecule has 2 aliphatic rings. The van der Waals surface area contributed by atoms with Gasteiger partial charge in [0, 0.05) is 0 Å². The van der Waals surface area contributed by atoms with Crippen molar-refractivity contribution in [1.82, 2.24) is 0 Å². The summed E-state index contributed by atoms with van der Waals surface area (Å²) >= 11 is 0. The zero-order chi connectivity index (χ0) is 9.64. The van der Waals surface area contributed by atoms with E-state index < -0.39 is 5.66 Å². The average Bonchev–Trinajstić information content (AvgIpc) is 2.52. The van der Waals surface area contributed by atoms with Crippen LogP contribution in [-0.4, -0.2) is 5.66 Å². The molecule has 4 N–H and O–H groups in total. The molecule has 0 heterocycles. The highest BCUT2D eigenvalue weighted by atomic mass is 15.0. The second kappa shape index (κ2) is 2.69. The van der Waals surface area contributed by atoms with Crippen molar-refractivity contribution in [2.24, 2.45) is 11.5 Å². The minimum absolute atomic E-state index is 0.573. The van der Waals surface area contributed by atoms with E-state index in [1.165, 1.54) is 22.3 Å². The summed E-state index contributed by atoms with van der Waals surface area (Å²) in [6, 6.07) is 0. The van der Waals surface area contributed by atoms with E-state index >= 15 is 0 Å². The lowest BCUT2D eigenvalue weighted by Crippen LogP contribution is -2.48. The normalized spacial score (nSPS) is 24.9. The van der Waals surface area contributed by atoms with Gasteiger partial charge < -0.3 is 11.5 Å². The smallest absolute Gasteiger partial charge is 0.109 e. The van der Waals surface area contributed by atoms with Crippen LogP contribution >= 0.6 is 0 Å². The molecule has 13 heavy (non-hydrogen) atoms. The molecule has 2 heteroatoms. The van der Waals surface area contributed by atoms with Crippen molar-refractivity contribution in [3.8, 4) is 0 Å². The molecule has 0 spiro atoms. The Morgan fingerprint density at radius 3 is 1.69 bits per heavy atom. The third kappa shape index (κ3) is 0.960. The molecule has 2 rings (SSSR count). The number of nitrogens with two attached hydrogens (primary N) is 2. The Hall–Kier alpha value is -0.600. The van der Waals surface area contributed by atoms with Gasteiger partial charge in [-0.05, 0) is 48.0 Å². The standard InChI is InChI=1S/C11H18N2/c1-3-7-8(4-2)10-6-5-9(7)11(10,12)13/h3-6,12-13H2,1-2H3. The molecule has 0 aromatic rings. The molecule has 0 amide bonds. The molecule has 0 aromatic carbocycles. The fourth-order valence-corrected chi connectivity index (χ4v) is 2.86. The van der Waals surface area contributed by atoms with Crippen LogP contribution in [0.5, 0.6) is 0 Å². The molecule has 0 saturated heterocycles. The Morgan fingerprint density at radius 2 is 1.38 bits per heavy atom. The second-order valence-electron chi connectivity index (χ2n) is 3.99. The summed E-state index contributed by atoms with van der Waals surface area (Å²) in [5.74, 6) is 0. The van der Waals surface area contributed by atoms with E-state index in [2.05, 4.69) is 13.8 Å². The molecule has 2 aliphatic carbocycles. The predicted octanol–water partition coefficient (Wildman–Crippen LogP) is 1.82. The molecule has 1 fully saturated rings. The minimum atomic E-state index is -0.573. The van der Waals surface area contributed by atoms with Crippen molar-refractivity contribution in [2.75, 3.05) is 0 Å². The summed E-state index contributed by atoms with van der Waals surface area (Å²) in [6.45, 7) is 4.38. The van der Waals surface area contributed by atoms with Crippen molar-refractivity contribution in [1.29, 1.82) is 0 Å². The summed E-state index contributed by atoms with van der Waals surface area (Å²) in [5, 5.41) is 0. The molecule has 0 radical (unpaired) electrons. The van der Waals surface area contributed by atoms with Crippen LogP contribution in [0.1, 0.15) is 39.5 Å². The number of hydrogen-bond donors (Lipinski definition) is 2. The Morgan fingerprint density at radius 1 is 1.00 bits per heavy atom. The zero-order valence-corrected chi connectivity index (χ0v) is 8.48. The van der Waals surface area contributed by atoms with Gasteiger partial charge in [0.25, 0.3) is 0 Å². The Labute approximate surface area is 79.7 Å². The number of hydrogen-bond acceptors (Lipinski definition) is 2. The van der Waals surface area contributed by atoms with Crippen molar-refractivity contribution >= 4 is 0 Å². The maximum atomic E-state index is 6.12. The summed E-state index contributed by atoms with van der Waals surface area (Å²) in [7, 11) is 0. The average molecular weight is 178 g/mol. The highest BCUT2D eigenvalue weighted by Gasteiger charge is 2.43. The first kappa shape index (κ1) is 8.97. The van der Waals surface area contributed by atoms with Gasteiger partial charge in [0.05, 0.1) is 0 Å². The van der Waals surface area contributed by atoms with E-state index in [-0.39, 0.29) is 0 Å². The van der Waals surface area contributed by atoms with E-state index in [1.54, 1.807) is 0 Å². The lowest BCUT2D eigenvalue weighted by atomic mass is 9.94. The van der Waals surface area contributed by atoms with Gasteiger partial charge in [0.1, 0.15) is 5.66 Å². The fraction of sp³-hybridized carbons (Fsp3) is 0.636. The van der Waals surface area contributed by atoms with Gasteiger partial charge in [-0.2, -0.15) is 0 Å². The maximum Gasteiger partial charge on any atom is 0.109 e. The number of allylic oxidation sites excluding steroid dienone is 2. The van der Waals surface area contributed by atoms with Gasteiger partial charge in [0.2, 0.25) is 0 Å². The minimum Gasteiger partial charge on any atom is -0.306 e. The van der Waals surface area contributed by atoms with Crippen molar-refractivity contribution in [2.45, 2.75) is 45.2 Å². The summed E-state index contributed by atoms with van der Waals surface area (Å²) < 4.78 is 0. The van der Waals surface area contributed by atoms with Crippen LogP contribution in [0.15, 0.2) is 22.3 Å². The van der Waals surface area contributed by atoms with Crippen LogP contribution in [0.4, 0.5) is 0 Å². The molecule has 0 atom stereocenters. The van der Waals surface area contributed by atoms with E-state index in [0.717, 1.165) is 25.7 Å². The monoisotopic (exact) mass is 178 g/mol. The molecular weight excluding hydrogens is 160 g/mol. The van der Waals surface area contributed by atoms with Crippen molar-refractivity contribution in [3.05, 3.63) is 22.3 Å². The predicted molar refractivity (Wildman–Crippen MR) is 55.0 cm³/mol. The topological polar surface area (TPSA) is 52.0 Å². The SMILES string of the molecule is CCC1=C2CCC(=C1CC)C2(N)N. The summed E-state index contributed by atoms with van der Waals surface area (Å²) in [6.07, 6.45) is 4.35. The molecule has 0 unspecified atom stereocenters. The van der Waals surface area contributed by atoms with Crippen LogP contribution in [0.3, 0.4) is 0 Å². The highest BCUT2D eigenvalue weighted by Crippen LogP contribution is 2.49. The Bertz CT molecular complexity index is 278.